The quantitative estimate of drug-likeness (QED) is 0.624. The fourth-order valence-electron chi connectivity index (χ4n) is 2.41. The number of nitrogens with two attached hydrogens (primary N) is 1. The number of hydrogen-bond donors (Lipinski definition) is 2. The second kappa shape index (κ2) is 6.28. The minimum atomic E-state index is 0.395. The van der Waals surface area contributed by atoms with Crippen LogP contribution in [0, 0.1) is 5.92 Å². The second-order valence-corrected chi connectivity index (χ2v) is 5.51. The Morgan fingerprint density at radius 2 is 2.24 bits per heavy atom. The molecule has 0 radical (unpaired) electrons. The Bertz CT molecular complexity index is 344. The first-order chi connectivity index (χ1) is 8.33. The summed E-state index contributed by atoms with van der Waals surface area (Å²) in [5, 5.41) is 9.44. The molecule has 17 heavy (non-hydrogen) atoms. The summed E-state index contributed by atoms with van der Waals surface area (Å²) in [6.45, 7) is 2.80. The van der Waals surface area contributed by atoms with Crippen LogP contribution in [0.1, 0.15) is 44.0 Å². The lowest BCUT2D eigenvalue weighted by Crippen LogP contribution is -2.27. The molecular formula is C11H20N4OS. The number of hydrogen-bond acceptors (Lipinski definition) is 6. The van der Waals surface area contributed by atoms with Crippen molar-refractivity contribution in [1.29, 1.82) is 0 Å². The van der Waals surface area contributed by atoms with Gasteiger partial charge in [-0.15, -0.1) is 10.2 Å². The third kappa shape index (κ3) is 3.37. The van der Waals surface area contributed by atoms with E-state index in [2.05, 4.69) is 22.5 Å². The van der Waals surface area contributed by atoms with E-state index in [4.69, 9.17) is 10.6 Å². The number of hydrazine groups is 1. The molecule has 5 nitrogen and oxygen atoms in total. The first kappa shape index (κ1) is 12.7. The van der Waals surface area contributed by atoms with Crippen molar-refractivity contribution in [2.45, 2.75) is 51.7 Å². The second-order valence-electron chi connectivity index (χ2n) is 4.45. The summed E-state index contributed by atoms with van der Waals surface area (Å²) < 4.78 is 5.97. The lowest BCUT2D eigenvalue weighted by atomic mass is 9.85. The molecule has 6 heteroatoms. The minimum Gasteiger partial charge on any atom is -0.371 e. The molecule has 2 rings (SSSR count). The highest BCUT2D eigenvalue weighted by molar-refractivity contribution is 7.15. The van der Waals surface area contributed by atoms with Crippen molar-refractivity contribution in [3.63, 3.8) is 0 Å². The van der Waals surface area contributed by atoms with Crippen molar-refractivity contribution in [3.8, 4) is 0 Å². The van der Waals surface area contributed by atoms with Gasteiger partial charge >= 0.3 is 0 Å². The van der Waals surface area contributed by atoms with Gasteiger partial charge in [-0.25, -0.2) is 5.84 Å². The van der Waals surface area contributed by atoms with E-state index < -0.39 is 0 Å². The Kier molecular flexibility index (Phi) is 4.70. The van der Waals surface area contributed by atoms with Crippen molar-refractivity contribution < 1.29 is 4.74 Å². The van der Waals surface area contributed by atoms with Crippen LogP contribution >= 0.6 is 11.3 Å². The predicted molar refractivity (Wildman–Crippen MR) is 68.5 cm³/mol. The van der Waals surface area contributed by atoms with E-state index in [0.717, 1.165) is 5.01 Å². The molecule has 0 spiro atoms. The summed E-state index contributed by atoms with van der Waals surface area (Å²) >= 11 is 1.45. The average Bonchev–Trinajstić information content (AvgIpc) is 2.84. The van der Waals surface area contributed by atoms with Gasteiger partial charge in [0, 0.05) is 0 Å². The van der Waals surface area contributed by atoms with Gasteiger partial charge < -0.3 is 4.74 Å². The summed E-state index contributed by atoms with van der Waals surface area (Å²) in [7, 11) is 0. The van der Waals surface area contributed by atoms with Crippen molar-refractivity contribution >= 4 is 16.5 Å². The number of rotatable bonds is 5. The molecule has 96 valence electrons. The van der Waals surface area contributed by atoms with Gasteiger partial charge in [0.05, 0.1) is 6.10 Å². The van der Waals surface area contributed by atoms with Crippen molar-refractivity contribution in [2.75, 3.05) is 5.43 Å². The number of nitrogens with zero attached hydrogens (tertiary/aromatic N) is 2. The topological polar surface area (TPSA) is 73.1 Å². The standard InChI is InChI=1S/C11H20N4OS/c1-2-8-5-3-4-6-9(8)16-7-10-14-15-11(13-12)17-10/h8-9H,2-7,12H2,1H3,(H,13,15). The van der Waals surface area contributed by atoms with E-state index in [-0.39, 0.29) is 0 Å². The summed E-state index contributed by atoms with van der Waals surface area (Å²) in [4.78, 5) is 0. The first-order valence-corrected chi connectivity index (χ1v) is 7.05. The summed E-state index contributed by atoms with van der Waals surface area (Å²) in [5.41, 5.74) is 2.49. The molecule has 1 aliphatic carbocycles. The van der Waals surface area contributed by atoms with Crippen LogP contribution in [0.15, 0.2) is 0 Å². The zero-order valence-corrected chi connectivity index (χ0v) is 11.0. The lowest BCUT2D eigenvalue weighted by Gasteiger charge is -2.30. The maximum absolute atomic E-state index is 5.97. The van der Waals surface area contributed by atoms with Crippen LogP contribution in [0.5, 0.6) is 0 Å². The number of nitrogen functional groups attached to an aromatic ring is 1. The molecule has 0 aromatic carbocycles. The van der Waals surface area contributed by atoms with Gasteiger partial charge in [0.15, 0.2) is 0 Å². The Morgan fingerprint density at radius 3 is 2.94 bits per heavy atom. The molecule has 0 bridgehead atoms. The lowest BCUT2D eigenvalue weighted by molar-refractivity contribution is -0.0224. The normalized spacial score (nSPS) is 24.8. The number of ether oxygens (including phenoxy) is 1. The van der Waals surface area contributed by atoms with Crippen molar-refractivity contribution in [2.24, 2.45) is 11.8 Å². The molecule has 2 atom stereocenters. The van der Waals surface area contributed by atoms with E-state index in [1.807, 2.05) is 0 Å². The first-order valence-electron chi connectivity index (χ1n) is 6.24. The molecule has 1 heterocycles. The van der Waals surface area contributed by atoms with E-state index in [1.165, 1.54) is 43.4 Å². The molecule has 1 aliphatic rings. The molecule has 1 aromatic heterocycles. The van der Waals surface area contributed by atoms with Crippen LogP contribution in [-0.4, -0.2) is 16.3 Å². The van der Waals surface area contributed by atoms with Gasteiger partial charge in [-0.2, -0.15) is 0 Å². The molecule has 0 saturated heterocycles. The van der Waals surface area contributed by atoms with Crippen LogP contribution in [0.4, 0.5) is 5.13 Å². The van der Waals surface area contributed by atoms with Crippen LogP contribution in [-0.2, 0) is 11.3 Å². The zero-order chi connectivity index (χ0) is 12.1. The van der Waals surface area contributed by atoms with Crippen LogP contribution in [0.2, 0.25) is 0 Å². The molecule has 1 aromatic rings. The largest absolute Gasteiger partial charge is 0.371 e. The van der Waals surface area contributed by atoms with E-state index in [0.29, 0.717) is 23.8 Å². The Hall–Kier alpha value is -0.720. The number of anilines is 1. The van der Waals surface area contributed by atoms with Gasteiger partial charge in [0.25, 0.3) is 0 Å². The Balaban J connectivity index is 1.83. The fraction of sp³-hybridized carbons (Fsp3) is 0.818. The molecule has 1 saturated carbocycles. The Morgan fingerprint density at radius 1 is 1.41 bits per heavy atom. The van der Waals surface area contributed by atoms with E-state index in [9.17, 15) is 0 Å². The molecule has 3 N–H and O–H groups in total. The fourth-order valence-corrected chi connectivity index (χ4v) is 2.98. The number of nitrogens with one attached hydrogen (secondary N) is 1. The molecule has 0 amide bonds. The highest BCUT2D eigenvalue weighted by Crippen LogP contribution is 2.30. The van der Waals surface area contributed by atoms with Crippen LogP contribution in [0.3, 0.4) is 0 Å². The van der Waals surface area contributed by atoms with Crippen LogP contribution < -0.4 is 11.3 Å². The molecular weight excluding hydrogens is 236 g/mol. The summed E-state index contributed by atoms with van der Waals surface area (Å²) in [5.74, 6) is 5.97. The van der Waals surface area contributed by atoms with Gasteiger partial charge in [-0.05, 0) is 18.8 Å². The third-order valence-corrected chi connectivity index (χ3v) is 4.20. The molecule has 2 unspecified atom stereocenters. The Labute approximate surface area is 106 Å². The summed E-state index contributed by atoms with van der Waals surface area (Å²) in [6.07, 6.45) is 6.71. The molecule has 0 aliphatic heterocycles. The average molecular weight is 256 g/mol. The summed E-state index contributed by atoms with van der Waals surface area (Å²) in [6, 6.07) is 0. The van der Waals surface area contributed by atoms with Crippen LogP contribution in [0.25, 0.3) is 0 Å². The maximum Gasteiger partial charge on any atom is 0.219 e. The van der Waals surface area contributed by atoms with E-state index >= 15 is 0 Å². The number of aromatic nitrogens is 2. The van der Waals surface area contributed by atoms with Crippen molar-refractivity contribution in [1.82, 2.24) is 10.2 Å². The predicted octanol–water partition coefficient (Wildman–Crippen LogP) is 2.31. The van der Waals surface area contributed by atoms with Gasteiger partial charge in [0.1, 0.15) is 11.6 Å². The zero-order valence-electron chi connectivity index (χ0n) is 10.2. The van der Waals surface area contributed by atoms with Gasteiger partial charge in [-0.3, -0.25) is 5.43 Å². The SMILES string of the molecule is CCC1CCCCC1OCc1nnc(NN)s1. The van der Waals surface area contributed by atoms with Gasteiger partial charge in [-0.1, -0.05) is 37.5 Å². The highest BCUT2D eigenvalue weighted by Gasteiger charge is 2.24. The highest BCUT2D eigenvalue weighted by atomic mass is 32.1. The molecule has 1 fully saturated rings. The maximum atomic E-state index is 5.97. The van der Waals surface area contributed by atoms with E-state index in [1.54, 1.807) is 0 Å². The smallest absolute Gasteiger partial charge is 0.219 e. The van der Waals surface area contributed by atoms with Crippen molar-refractivity contribution in [3.05, 3.63) is 5.01 Å². The van der Waals surface area contributed by atoms with Gasteiger partial charge in [0.2, 0.25) is 5.13 Å². The minimum absolute atomic E-state index is 0.395. The monoisotopic (exact) mass is 256 g/mol. The third-order valence-electron chi connectivity index (χ3n) is 3.37.